The van der Waals surface area contributed by atoms with Crippen molar-refractivity contribution in [1.82, 2.24) is 0 Å². The maximum Gasteiger partial charge on any atom is 0.139 e. The third-order valence-corrected chi connectivity index (χ3v) is 8.33. The molecule has 0 saturated heterocycles. The van der Waals surface area contributed by atoms with Crippen LogP contribution in [0.5, 0.6) is 0 Å². The van der Waals surface area contributed by atoms with E-state index >= 15 is 0 Å². The molecule has 1 heteroatoms. The molecular formula is C23H28O. The first kappa shape index (κ1) is 16.0. The number of carbonyl (C=O) groups is 1. The van der Waals surface area contributed by atoms with Gasteiger partial charge < -0.3 is 0 Å². The molecule has 0 unspecified atom stereocenters. The molecule has 0 aromatic carbocycles. The fraction of sp³-hybridized carbons (Fsp3) is 0.696. The highest BCUT2D eigenvalue weighted by molar-refractivity contribution is 5.87. The Kier molecular flexibility index (Phi) is 3.51. The third-order valence-electron chi connectivity index (χ3n) is 8.33. The van der Waals surface area contributed by atoms with E-state index in [4.69, 9.17) is 12.8 Å². The average molecular weight is 320 g/mol. The van der Waals surface area contributed by atoms with Crippen molar-refractivity contribution in [2.24, 2.45) is 40.4 Å². The number of fused-ring (bicyclic) bond motifs is 5. The van der Waals surface area contributed by atoms with Crippen molar-refractivity contribution in [1.29, 1.82) is 0 Å². The highest BCUT2D eigenvalue weighted by Crippen LogP contribution is 2.64. The minimum absolute atomic E-state index is 0.0512. The van der Waals surface area contributed by atoms with Gasteiger partial charge >= 0.3 is 0 Å². The predicted octanol–water partition coefficient (Wildman–Crippen LogP) is 4.63. The standard InChI is InChI=1S/C23H28O/c1-5-15-13-17-7-8-18-19-9-10-21(24)22(19,3)12-11-20(18)23(17,4)14-16(15)6-2/h1-2,7,15-16,18-20H,8-14H2,3-4H3/t15-,16-,18+,19+,20+,22+,23+/m1/s1. The van der Waals surface area contributed by atoms with E-state index in [1.807, 2.05) is 0 Å². The fourth-order valence-electron chi connectivity index (χ4n) is 6.86. The van der Waals surface area contributed by atoms with Gasteiger partial charge in [0.25, 0.3) is 0 Å². The quantitative estimate of drug-likeness (QED) is 0.470. The molecular weight excluding hydrogens is 292 g/mol. The van der Waals surface area contributed by atoms with Crippen LogP contribution >= 0.6 is 0 Å². The van der Waals surface area contributed by atoms with Gasteiger partial charge in [-0.15, -0.1) is 24.7 Å². The Morgan fingerprint density at radius 2 is 1.79 bits per heavy atom. The van der Waals surface area contributed by atoms with Gasteiger partial charge in [0.2, 0.25) is 0 Å². The number of hydrogen-bond acceptors (Lipinski definition) is 1. The van der Waals surface area contributed by atoms with Gasteiger partial charge in [0.05, 0.1) is 0 Å². The summed E-state index contributed by atoms with van der Waals surface area (Å²) in [6.45, 7) is 4.68. The third kappa shape index (κ3) is 1.94. The van der Waals surface area contributed by atoms with E-state index in [1.54, 1.807) is 5.57 Å². The lowest BCUT2D eigenvalue weighted by atomic mass is 9.46. The Balaban J connectivity index is 1.70. The summed E-state index contributed by atoms with van der Waals surface area (Å²) in [4.78, 5) is 12.5. The first-order valence-electron chi connectivity index (χ1n) is 9.59. The summed E-state index contributed by atoms with van der Waals surface area (Å²) in [5, 5.41) is 0. The number of Topliss-reactive ketones (excluding diaryl/α,β-unsaturated/α-hetero) is 1. The van der Waals surface area contributed by atoms with Crippen LogP contribution in [0.4, 0.5) is 0 Å². The van der Waals surface area contributed by atoms with Gasteiger partial charge in [-0.1, -0.05) is 25.5 Å². The number of ketones is 1. The highest BCUT2D eigenvalue weighted by Gasteiger charge is 2.59. The zero-order valence-electron chi connectivity index (χ0n) is 15.0. The van der Waals surface area contributed by atoms with Crippen molar-refractivity contribution in [3.63, 3.8) is 0 Å². The zero-order valence-corrected chi connectivity index (χ0v) is 15.0. The Labute approximate surface area is 146 Å². The van der Waals surface area contributed by atoms with Crippen molar-refractivity contribution in [3.8, 4) is 24.7 Å². The van der Waals surface area contributed by atoms with Gasteiger partial charge in [-0.2, -0.15) is 0 Å². The molecule has 24 heavy (non-hydrogen) atoms. The molecule has 4 aliphatic carbocycles. The molecule has 0 aliphatic heterocycles. The topological polar surface area (TPSA) is 17.1 Å². The summed E-state index contributed by atoms with van der Waals surface area (Å²) >= 11 is 0. The van der Waals surface area contributed by atoms with Crippen LogP contribution in [0.1, 0.15) is 58.8 Å². The summed E-state index contributed by atoms with van der Waals surface area (Å²) in [6.07, 6.45) is 21.4. The Bertz CT molecular complexity index is 686. The number of hydrogen-bond donors (Lipinski definition) is 0. The second kappa shape index (κ2) is 5.26. The van der Waals surface area contributed by atoms with Crippen molar-refractivity contribution < 1.29 is 4.79 Å². The predicted molar refractivity (Wildman–Crippen MR) is 96.7 cm³/mol. The second-order valence-corrected chi connectivity index (χ2v) is 9.13. The van der Waals surface area contributed by atoms with Crippen LogP contribution in [0.15, 0.2) is 11.6 Å². The van der Waals surface area contributed by atoms with Crippen molar-refractivity contribution in [3.05, 3.63) is 11.6 Å². The first-order chi connectivity index (χ1) is 11.4. The smallest absolute Gasteiger partial charge is 0.139 e. The lowest BCUT2D eigenvalue weighted by Crippen LogP contribution is -2.51. The molecule has 0 amide bonds. The van der Waals surface area contributed by atoms with Gasteiger partial charge in [0, 0.05) is 23.7 Å². The summed E-state index contributed by atoms with van der Waals surface area (Å²) in [5.74, 6) is 8.78. The van der Waals surface area contributed by atoms with E-state index in [9.17, 15) is 4.79 Å². The summed E-state index contributed by atoms with van der Waals surface area (Å²) < 4.78 is 0. The number of terminal acetylenes is 2. The minimum Gasteiger partial charge on any atom is -0.299 e. The molecule has 3 fully saturated rings. The number of rotatable bonds is 0. The molecule has 0 aromatic rings. The average Bonchev–Trinajstić information content (AvgIpc) is 2.88. The summed E-state index contributed by atoms with van der Waals surface area (Å²) in [7, 11) is 0. The zero-order chi connectivity index (χ0) is 17.1. The number of carbonyl (C=O) groups excluding carboxylic acids is 1. The van der Waals surface area contributed by atoms with E-state index in [2.05, 4.69) is 31.8 Å². The SMILES string of the molecule is C#C[C@@H]1CC2=CC[C@@H]3[C@H](CC[C@]4(C)C(=O)CC[C@@H]34)[C@@]2(C)C[C@H]1C#C. The van der Waals surface area contributed by atoms with Gasteiger partial charge in [-0.05, 0) is 61.7 Å². The van der Waals surface area contributed by atoms with E-state index in [1.165, 1.54) is 6.42 Å². The highest BCUT2D eigenvalue weighted by atomic mass is 16.1. The minimum atomic E-state index is -0.0512. The van der Waals surface area contributed by atoms with Gasteiger partial charge in [0.15, 0.2) is 0 Å². The fourth-order valence-corrected chi connectivity index (χ4v) is 6.86. The van der Waals surface area contributed by atoms with Crippen LogP contribution in [0, 0.1) is 65.1 Å². The Hall–Kier alpha value is -1.47. The Morgan fingerprint density at radius 1 is 1.08 bits per heavy atom. The van der Waals surface area contributed by atoms with Crippen LogP contribution in [-0.2, 0) is 4.79 Å². The Morgan fingerprint density at radius 3 is 2.50 bits per heavy atom. The van der Waals surface area contributed by atoms with Crippen LogP contribution in [0.2, 0.25) is 0 Å². The van der Waals surface area contributed by atoms with Crippen LogP contribution in [0.25, 0.3) is 0 Å². The lowest BCUT2D eigenvalue weighted by Gasteiger charge is -2.57. The normalized spacial score (nSPS) is 49.9. The molecule has 4 rings (SSSR count). The number of allylic oxidation sites excluding steroid dienone is 2. The van der Waals surface area contributed by atoms with Crippen molar-refractivity contribution in [2.45, 2.75) is 58.8 Å². The van der Waals surface area contributed by atoms with Gasteiger partial charge in [-0.3, -0.25) is 4.79 Å². The molecule has 0 aromatic heterocycles. The summed E-state index contributed by atoms with van der Waals surface area (Å²) in [6, 6.07) is 0. The maximum absolute atomic E-state index is 12.5. The van der Waals surface area contributed by atoms with Gasteiger partial charge in [-0.25, -0.2) is 0 Å². The maximum atomic E-state index is 12.5. The van der Waals surface area contributed by atoms with E-state index in [-0.39, 0.29) is 22.7 Å². The molecule has 4 aliphatic rings. The van der Waals surface area contributed by atoms with Gasteiger partial charge in [0.1, 0.15) is 5.78 Å². The molecule has 0 radical (unpaired) electrons. The molecule has 0 heterocycles. The van der Waals surface area contributed by atoms with Crippen molar-refractivity contribution >= 4 is 5.78 Å². The van der Waals surface area contributed by atoms with E-state index in [0.717, 1.165) is 38.5 Å². The van der Waals surface area contributed by atoms with Crippen LogP contribution in [-0.4, -0.2) is 5.78 Å². The molecule has 126 valence electrons. The molecule has 7 atom stereocenters. The molecule has 1 nitrogen and oxygen atoms in total. The summed E-state index contributed by atoms with van der Waals surface area (Å²) in [5.41, 5.74) is 1.70. The molecule has 0 spiro atoms. The molecule has 3 saturated carbocycles. The largest absolute Gasteiger partial charge is 0.299 e. The molecule has 0 bridgehead atoms. The lowest BCUT2D eigenvalue weighted by molar-refractivity contribution is -0.132. The molecule has 0 N–H and O–H groups in total. The monoisotopic (exact) mass is 320 g/mol. The van der Waals surface area contributed by atoms with Crippen LogP contribution < -0.4 is 0 Å². The second-order valence-electron chi connectivity index (χ2n) is 9.13. The van der Waals surface area contributed by atoms with Crippen molar-refractivity contribution in [2.75, 3.05) is 0 Å². The van der Waals surface area contributed by atoms with E-state index < -0.39 is 0 Å². The van der Waals surface area contributed by atoms with E-state index in [0.29, 0.717) is 23.5 Å². The van der Waals surface area contributed by atoms with Crippen LogP contribution in [0.3, 0.4) is 0 Å². The first-order valence-corrected chi connectivity index (χ1v) is 9.59.